The maximum Gasteiger partial charge on any atom is 0.260 e. The van der Waals surface area contributed by atoms with Gasteiger partial charge in [-0.1, -0.05) is 0 Å². The Bertz CT molecular complexity index is 686. The lowest BCUT2D eigenvalue weighted by molar-refractivity contribution is -0.134. The fourth-order valence-electron chi connectivity index (χ4n) is 3.02. The Morgan fingerprint density at radius 2 is 1.69 bits per heavy atom. The largest absolute Gasteiger partial charge is 0.493 e. The molecule has 1 amide bonds. The SMILES string of the molecule is O=C(COc1ccc(F)cc1)N1CCC(CCOc2ccncc2)CC1. The number of pyridine rings is 1. The lowest BCUT2D eigenvalue weighted by Gasteiger charge is -2.32. The first-order valence-corrected chi connectivity index (χ1v) is 8.89. The monoisotopic (exact) mass is 358 g/mol. The number of hydrogen-bond acceptors (Lipinski definition) is 4. The second-order valence-electron chi connectivity index (χ2n) is 6.39. The van der Waals surface area contributed by atoms with Gasteiger partial charge in [0.25, 0.3) is 5.91 Å². The minimum absolute atomic E-state index is 0.0124. The molecule has 0 saturated carbocycles. The zero-order valence-electron chi connectivity index (χ0n) is 14.6. The lowest BCUT2D eigenvalue weighted by atomic mass is 9.94. The highest BCUT2D eigenvalue weighted by Gasteiger charge is 2.23. The number of carbonyl (C=O) groups excluding carboxylic acids is 1. The molecule has 0 N–H and O–H groups in total. The molecule has 1 saturated heterocycles. The van der Waals surface area contributed by atoms with Crippen LogP contribution in [0.5, 0.6) is 11.5 Å². The van der Waals surface area contributed by atoms with Gasteiger partial charge >= 0.3 is 0 Å². The van der Waals surface area contributed by atoms with Crippen LogP contribution in [0.1, 0.15) is 19.3 Å². The smallest absolute Gasteiger partial charge is 0.260 e. The Labute approximate surface area is 152 Å². The zero-order valence-corrected chi connectivity index (χ0v) is 14.6. The molecule has 0 radical (unpaired) electrons. The van der Waals surface area contributed by atoms with E-state index in [2.05, 4.69) is 4.98 Å². The molecule has 1 fully saturated rings. The molecule has 0 unspecified atom stereocenters. The van der Waals surface area contributed by atoms with E-state index in [4.69, 9.17) is 9.47 Å². The highest BCUT2D eigenvalue weighted by molar-refractivity contribution is 5.77. The van der Waals surface area contributed by atoms with Gasteiger partial charge in [0, 0.05) is 25.5 Å². The van der Waals surface area contributed by atoms with E-state index in [0.717, 1.165) is 38.1 Å². The molecule has 2 heterocycles. The number of nitrogens with zero attached hydrogens (tertiary/aromatic N) is 2. The number of halogens is 1. The van der Waals surface area contributed by atoms with Crippen molar-refractivity contribution >= 4 is 5.91 Å². The molecular weight excluding hydrogens is 335 g/mol. The third-order valence-corrected chi connectivity index (χ3v) is 4.59. The fraction of sp³-hybridized carbons (Fsp3) is 0.400. The van der Waals surface area contributed by atoms with Crippen LogP contribution in [-0.4, -0.2) is 42.1 Å². The lowest BCUT2D eigenvalue weighted by Crippen LogP contribution is -2.41. The first-order chi connectivity index (χ1) is 12.7. The Morgan fingerprint density at radius 1 is 1.04 bits per heavy atom. The van der Waals surface area contributed by atoms with Gasteiger partial charge in [-0.25, -0.2) is 4.39 Å². The van der Waals surface area contributed by atoms with Crippen molar-refractivity contribution in [3.63, 3.8) is 0 Å². The van der Waals surface area contributed by atoms with Crippen molar-refractivity contribution in [2.45, 2.75) is 19.3 Å². The van der Waals surface area contributed by atoms with Crippen LogP contribution in [0, 0.1) is 11.7 Å². The number of amides is 1. The van der Waals surface area contributed by atoms with Gasteiger partial charge in [0.15, 0.2) is 6.61 Å². The second-order valence-corrected chi connectivity index (χ2v) is 6.39. The van der Waals surface area contributed by atoms with E-state index in [1.807, 2.05) is 17.0 Å². The van der Waals surface area contributed by atoms with Gasteiger partial charge in [0.05, 0.1) is 6.61 Å². The van der Waals surface area contributed by atoms with Crippen LogP contribution in [0.15, 0.2) is 48.8 Å². The predicted molar refractivity (Wildman–Crippen MR) is 95.5 cm³/mol. The van der Waals surface area contributed by atoms with Crippen LogP contribution in [0.25, 0.3) is 0 Å². The van der Waals surface area contributed by atoms with Crippen molar-refractivity contribution in [3.05, 3.63) is 54.6 Å². The maximum atomic E-state index is 12.9. The van der Waals surface area contributed by atoms with E-state index in [1.165, 1.54) is 24.3 Å². The summed E-state index contributed by atoms with van der Waals surface area (Å²) in [6.45, 7) is 2.15. The average molecular weight is 358 g/mol. The molecule has 1 aliphatic heterocycles. The van der Waals surface area contributed by atoms with Crippen molar-refractivity contribution in [2.75, 3.05) is 26.3 Å². The average Bonchev–Trinajstić information content (AvgIpc) is 2.69. The molecule has 0 spiro atoms. The van der Waals surface area contributed by atoms with Gasteiger partial charge in [-0.3, -0.25) is 9.78 Å². The molecule has 1 aromatic carbocycles. The summed E-state index contributed by atoms with van der Waals surface area (Å²) in [5.74, 6) is 1.56. The summed E-state index contributed by atoms with van der Waals surface area (Å²) in [6.07, 6.45) is 6.36. The summed E-state index contributed by atoms with van der Waals surface area (Å²) in [4.78, 5) is 18.0. The maximum absolute atomic E-state index is 12.9. The highest BCUT2D eigenvalue weighted by Crippen LogP contribution is 2.21. The summed E-state index contributed by atoms with van der Waals surface area (Å²) < 4.78 is 24.0. The van der Waals surface area contributed by atoms with Gasteiger partial charge in [-0.2, -0.15) is 0 Å². The van der Waals surface area contributed by atoms with Crippen LogP contribution in [0.4, 0.5) is 4.39 Å². The predicted octanol–water partition coefficient (Wildman–Crippen LogP) is 3.31. The van der Waals surface area contributed by atoms with Crippen LogP contribution in [0.2, 0.25) is 0 Å². The summed E-state index contributed by atoms with van der Waals surface area (Å²) in [6, 6.07) is 9.39. The van der Waals surface area contributed by atoms with Gasteiger partial charge in [0.1, 0.15) is 17.3 Å². The Kier molecular flexibility index (Phi) is 6.41. The van der Waals surface area contributed by atoms with Crippen molar-refractivity contribution in [1.82, 2.24) is 9.88 Å². The van der Waals surface area contributed by atoms with Crippen LogP contribution in [0.3, 0.4) is 0 Å². The molecule has 5 nitrogen and oxygen atoms in total. The van der Waals surface area contributed by atoms with Gasteiger partial charge in [-0.15, -0.1) is 0 Å². The van der Waals surface area contributed by atoms with Crippen molar-refractivity contribution in [2.24, 2.45) is 5.92 Å². The first-order valence-electron chi connectivity index (χ1n) is 8.89. The quantitative estimate of drug-likeness (QED) is 0.762. The zero-order chi connectivity index (χ0) is 18.2. The van der Waals surface area contributed by atoms with Gasteiger partial charge in [0.2, 0.25) is 0 Å². The summed E-state index contributed by atoms with van der Waals surface area (Å²) in [5, 5.41) is 0. The fourth-order valence-corrected chi connectivity index (χ4v) is 3.02. The minimum atomic E-state index is -0.321. The molecule has 6 heteroatoms. The third-order valence-electron chi connectivity index (χ3n) is 4.59. The molecule has 0 atom stereocenters. The number of likely N-dealkylation sites (tertiary alicyclic amines) is 1. The number of benzene rings is 1. The van der Waals surface area contributed by atoms with E-state index in [1.54, 1.807) is 12.4 Å². The van der Waals surface area contributed by atoms with Crippen molar-refractivity contribution in [3.8, 4) is 11.5 Å². The van der Waals surface area contributed by atoms with E-state index in [0.29, 0.717) is 18.3 Å². The van der Waals surface area contributed by atoms with Gasteiger partial charge in [-0.05, 0) is 61.6 Å². The van der Waals surface area contributed by atoms with E-state index in [-0.39, 0.29) is 18.3 Å². The van der Waals surface area contributed by atoms with Crippen LogP contribution in [-0.2, 0) is 4.79 Å². The number of rotatable bonds is 7. The number of aromatic nitrogens is 1. The molecule has 2 aromatic rings. The standard InChI is InChI=1S/C20H23FN2O3/c21-17-1-3-18(4-2-17)26-15-20(24)23-12-7-16(8-13-23)9-14-25-19-5-10-22-11-6-19/h1-6,10-11,16H,7-9,12-15H2. The summed E-state index contributed by atoms with van der Waals surface area (Å²) in [5.41, 5.74) is 0. The Morgan fingerprint density at radius 3 is 2.38 bits per heavy atom. The van der Waals surface area contributed by atoms with Crippen LogP contribution >= 0.6 is 0 Å². The van der Waals surface area contributed by atoms with E-state index in [9.17, 15) is 9.18 Å². The highest BCUT2D eigenvalue weighted by atomic mass is 19.1. The molecule has 1 aliphatic rings. The van der Waals surface area contributed by atoms with Gasteiger partial charge < -0.3 is 14.4 Å². The number of ether oxygens (including phenoxy) is 2. The third kappa shape index (κ3) is 5.44. The molecule has 26 heavy (non-hydrogen) atoms. The molecule has 0 aliphatic carbocycles. The van der Waals surface area contributed by atoms with Crippen molar-refractivity contribution < 1.29 is 18.7 Å². The molecule has 0 bridgehead atoms. The Balaban J connectivity index is 1.33. The van der Waals surface area contributed by atoms with E-state index < -0.39 is 0 Å². The topological polar surface area (TPSA) is 51.7 Å². The normalized spacial score (nSPS) is 14.9. The minimum Gasteiger partial charge on any atom is -0.493 e. The number of carbonyl (C=O) groups is 1. The molecule has 1 aromatic heterocycles. The molecular formula is C20H23FN2O3. The first kappa shape index (κ1) is 18.2. The molecule has 138 valence electrons. The number of piperidine rings is 1. The number of hydrogen-bond donors (Lipinski definition) is 0. The summed E-state index contributed by atoms with van der Waals surface area (Å²) >= 11 is 0. The van der Waals surface area contributed by atoms with Crippen LogP contribution < -0.4 is 9.47 Å². The second kappa shape index (κ2) is 9.17. The molecule has 3 rings (SSSR count). The van der Waals surface area contributed by atoms with E-state index >= 15 is 0 Å². The summed E-state index contributed by atoms with van der Waals surface area (Å²) in [7, 11) is 0. The Hall–Kier alpha value is -2.63. The van der Waals surface area contributed by atoms with Crippen molar-refractivity contribution in [1.29, 1.82) is 0 Å².